The molecule has 0 atom stereocenters. The molecule has 1 saturated heterocycles. The molecule has 3 rings (SSSR count). The van der Waals surface area contributed by atoms with Crippen LogP contribution < -0.4 is 9.47 Å². The number of non-ortho nitro benzene ring substituents is 1. The molecule has 1 aliphatic rings. The number of carbonyl (C=O) groups is 2. The molecule has 30 heavy (non-hydrogen) atoms. The van der Waals surface area contributed by atoms with Crippen LogP contribution in [-0.2, 0) is 11.3 Å². The maximum Gasteiger partial charge on any atom is 0.293 e. The van der Waals surface area contributed by atoms with E-state index in [1.54, 1.807) is 30.3 Å². The predicted molar refractivity (Wildman–Crippen MR) is 109 cm³/mol. The summed E-state index contributed by atoms with van der Waals surface area (Å²) in [4.78, 5) is 36.7. The van der Waals surface area contributed by atoms with E-state index in [1.165, 1.54) is 25.3 Å². The Bertz CT molecular complexity index is 1090. The van der Waals surface area contributed by atoms with Gasteiger partial charge in [0.1, 0.15) is 6.07 Å². The van der Waals surface area contributed by atoms with E-state index in [0.717, 1.165) is 16.7 Å². The molecular formula is C20H15N3O6S. The number of methoxy groups -OCH3 is 1. The van der Waals surface area contributed by atoms with Crippen molar-refractivity contribution in [2.24, 2.45) is 0 Å². The third-order valence-corrected chi connectivity index (χ3v) is 5.02. The third kappa shape index (κ3) is 4.59. The van der Waals surface area contributed by atoms with E-state index < -0.39 is 16.1 Å². The lowest BCUT2D eigenvalue weighted by Crippen LogP contribution is -2.27. The minimum atomic E-state index is -0.533. The highest BCUT2D eigenvalue weighted by Crippen LogP contribution is 2.35. The number of nitro groups is 1. The fraction of sp³-hybridized carbons (Fsp3) is 0.150. The third-order valence-electron chi connectivity index (χ3n) is 4.11. The summed E-state index contributed by atoms with van der Waals surface area (Å²) in [5, 5.41) is 19.1. The zero-order chi connectivity index (χ0) is 21.7. The van der Waals surface area contributed by atoms with Gasteiger partial charge in [0.25, 0.3) is 16.8 Å². The van der Waals surface area contributed by atoms with Crippen molar-refractivity contribution < 1.29 is 24.0 Å². The largest absolute Gasteiger partial charge is 0.493 e. The number of hydrogen-bond acceptors (Lipinski definition) is 8. The van der Waals surface area contributed by atoms with Crippen LogP contribution >= 0.6 is 11.8 Å². The molecule has 2 aromatic carbocycles. The monoisotopic (exact) mass is 425 g/mol. The lowest BCUT2D eigenvalue weighted by molar-refractivity contribution is -0.384. The van der Waals surface area contributed by atoms with Crippen LogP contribution in [0.5, 0.6) is 11.5 Å². The smallest absolute Gasteiger partial charge is 0.293 e. The number of carbonyl (C=O) groups excluding carboxylic acids is 2. The van der Waals surface area contributed by atoms with Crippen LogP contribution in [0, 0.1) is 21.4 Å². The first-order valence-electron chi connectivity index (χ1n) is 8.59. The molecule has 9 nitrogen and oxygen atoms in total. The van der Waals surface area contributed by atoms with E-state index in [9.17, 15) is 19.7 Å². The topological polar surface area (TPSA) is 123 Å². The Kier molecular flexibility index (Phi) is 6.34. The second-order valence-corrected chi connectivity index (χ2v) is 7.05. The van der Waals surface area contributed by atoms with Crippen molar-refractivity contribution in [2.75, 3.05) is 13.7 Å². The van der Waals surface area contributed by atoms with Gasteiger partial charge >= 0.3 is 0 Å². The number of hydrogen-bond donors (Lipinski definition) is 0. The predicted octanol–water partition coefficient (Wildman–Crippen LogP) is 3.74. The van der Waals surface area contributed by atoms with Gasteiger partial charge in [0.2, 0.25) is 0 Å². The number of nitro benzene ring substituents is 1. The standard InChI is InChI=1S/C20H15N3O6S/c1-28-17-10-13(5-6-16(17)29-8-7-21)11-18-19(24)22(20(25)30-18)12-14-3-2-4-15(9-14)23(26)27/h2-6,9-11H,8,12H2,1H3. The Labute approximate surface area is 175 Å². The SMILES string of the molecule is COc1cc(C=C2SC(=O)N(Cc3cccc([N+](=O)[O-])c3)C2=O)ccc1OCC#N. The second kappa shape index (κ2) is 9.11. The Morgan fingerprint density at radius 1 is 1.23 bits per heavy atom. The van der Waals surface area contributed by atoms with E-state index in [0.29, 0.717) is 22.6 Å². The van der Waals surface area contributed by atoms with Crippen molar-refractivity contribution in [2.45, 2.75) is 6.54 Å². The molecule has 0 N–H and O–H groups in total. The van der Waals surface area contributed by atoms with Crippen molar-refractivity contribution in [3.63, 3.8) is 0 Å². The fourth-order valence-corrected chi connectivity index (χ4v) is 3.58. The van der Waals surface area contributed by atoms with Gasteiger partial charge in [0.15, 0.2) is 18.1 Å². The highest BCUT2D eigenvalue weighted by molar-refractivity contribution is 8.18. The van der Waals surface area contributed by atoms with Gasteiger partial charge in [0.05, 0.1) is 23.5 Å². The van der Waals surface area contributed by atoms with Crippen molar-refractivity contribution in [1.29, 1.82) is 5.26 Å². The number of nitrogens with zero attached hydrogens (tertiary/aromatic N) is 3. The number of ether oxygens (including phenoxy) is 2. The normalized spacial score (nSPS) is 14.7. The minimum absolute atomic E-state index is 0.0616. The molecular weight excluding hydrogens is 410 g/mol. The first-order valence-corrected chi connectivity index (χ1v) is 9.41. The van der Waals surface area contributed by atoms with Crippen LogP contribution in [0.2, 0.25) is 0 Å². The minimum Gasteiger partial charge on any atom is -0.493 e. The molecule has 0 spiro atoms. The second-order valence-electron chi connectivity index (χ2n) is 6.05. The zero-order valence-electron chi connectivity index (χ0n) is 15.7. The molecule has 152 valence electrons. The number of imide groups is 1. The average molecular weight is 425 g/mol. The first kappa shape index (κ1) is 20.9. The average Bonchev–Trinajstić information content (AvgIpc) is 3.00. The highest BCUT2D eigenvalue weighted by atomic mass is 32.2. The number of nitriles is 1. The van der Waals surface area contributed by atoms with E-state index >= 15 is 0 Å². The molecule has 1 fully saturated rings. The number of benzene rings is 2. The van der Waals surface area contributed by atoms with Gasteiger partial charge < -0.3 is 9.47 Å². The Morgan fingerprint density at radius 3 is 2.73 bits per heavy atom. The van der Waals surface area contributed by atoms with Crippen molar-refractivity contribution in [1.82, 2.24) is 4.90 Å². The van der Waals surface area contributed by atoms with Crippen LogP contribution in [0.4, 0.5) is 10.5 Å². The van der Waals surface area contributed by atoms with Gasteiger partial charge in [-0.25, -0.2) is 0 Å². The Hall–Kier alpha value is -3.84. The quantitative estimate of drug-likeness (QED) is 0.373. The summed E-state index contributed by atoms with van der Waals surface area (Å²) in [6.07, 6.45) is 1.55. The van der Waals surface area contributed by atoms with Crippen molar-refractivity contribution in [3.05, 3.63) is 68.6 Å². The van der Waals surface area contributed by atoms with Gasteiger partial charge in [-0.05, 0) is 41.1 Å². The summed E-state index contributed by atoms with van der Waals surface area (Å²) in [7, 11) is 1.45. The number of thioether (sulfide) groups is 1. The molecule has 1 heterocycles. The maximum absolute atomic E-state index is 12.7. The Morgan fingerprint density at radius 2 is 2.03 bits per heavy atom. The lowest BCUT2D eigenvalue weighted by Gasteiger charge is -2.12. The first-order chi connectivity index (χ1) is 14.4. The van der Waals surface area contributed by atoms with Gasteiger partial charge in [-0.2, -0.15) is 5.26 Å². The molecule has 2 aromatic rings. The fourth-order valence-electron chi connectivity index (χ4n) is 2.74. The van der Waals surface area contributed by atoms with E-state index in [2.05, 4.69) is 0 Å². The summed E-state index contributed by atoms with van der Waals surface area (Å²) in [5.41, 5.74) is 0.978. The van der Waals surface area contributed by atoms with Gasteiger partial charge in [-0.15, -0.1) is 0 Å². The zero-order valence-corrected chi connectivity index (χ0v) is 16.5. The molecule has 10 heteroatoms. The highest BCUT2D eigenvalue weighted by Gasteiger charge is 2.35. The summed E-state index contributed by atoms with van der Waals surface area (Å²) in [5.74, 6) is 0.282. The summed E-state index contributed by atoms with van der Waals surface area (Å²) >= 11 is 0.787. The molecule has 0 unspecified atom stereocenters. The van der Waals surface area contributed by atoms with Gasteiger partial charge in [0, 0.05) is 12.1 Å². The molecule has 0 aliphatic carbocycles. The number of rotatable bonds is 7. The summed E-state index contributed by atoms with van der Waals surface area (Å²) in [6, 6.07) is 12.6. The Balaban J connectivity index is 1.80. The summed E-state index contributed by atoms with van der Waals surface area (Å²) < 4.78 is 10.5. The van der Waals surface area contributed by atoms with Crippen LogP contribution in [0.25, 0.3) is 6.08 Å². The van der Waals surface area contributed by atoms with Crippen LogP contribution in [0.15, 0.2) is 47.4 Å². The molecule has 2 amide bonds. The van der Waals surface area contributed by atoms with Crippen LogP contribution in [-0.4, -0.2) is 34.7 Å². The molecule has 0 radical (unpaired) electrons. The molecule has 1 aliphatic heterocycles. The van der Waals surface area contributed by atoms with Crippen molar-refractivity contribution >= 4 is 34.7 Å². The molecule has 0 bridgehead atoms. The van der Waals surface area contributed by atoms with E-state index in [4.69, 9.17) is 14.7 Å². The summed E-state index contributed by atoms with van der Waals surface area (Å²) in [6.45, 7) is -0.194. The van der Waals surface area contributed by atoms with Crippen LogP contribution in [0.3, 0.4) is 0 Å². The van der Waals surface area contributed by atoms with Crippen LogP contribution in [0.1, 0.15) is 11.1 Å². The van der Waals surface area contributed by atoms with Gasteiger partial charge in [-0.3, -0.25) is 24.6 Å². The molecule has 0 aromatic heterocycles. The van der Waals surface area contributed by atoms with Crippen molar-refractivity contribution in [3.8, 4) is 17.6 Å². The number of amides is 2. The maximum atomic E-state index is 12.7. The van der Waals surface area contributed by atoms with E-state index in [1.807, 2.05) is 6.07 Å². The lowest BCUT2D eigenvalue weighted by atomic mass is 10.1. The van der Waals surface area contributed by atoms with Gasteiger partial charge in [-0.1, -0.05) is 18.2 Å². The van der Waals surface area contributed by atoms with E-state index in [-0.39, 0.29) is 23.7 Å². The molecule has 0 saturated carbocycles.